The highest BCUT2D eigenvalue weighted by molar-refractivity contribution is 6.22. The number of carbonyl (C=O) groups is 1. The fraction of sp³-hybridized carbons (Fsp3) is 0.125. The first-order valence-electron chi connectivity index (χ1n) is 3.58. The summed E-state index contributed by atoms with van der Waals surface area (Å²) >= 11 is 0. The van der Waals surface area contributed by atoms with E-state index in [1.807, 2.05) is 19.1 Å². The summed E-state index contributed by atoms with van der Waals surface area (Å²) in [7, 11) is -0.577. The van der Waals surface area contributed by atoms with E-state index in [9.17, 15) is 4.79 Å². The Morgan fingerprint density at radius 2 is 2.00 bits per heavy atom. The van der Waals surface area contributed by atoms with Crippen LogP contribution in [0.25, 0.3) is 0 Å². The molecule has 0 saturated carbocycles. The number of aryl methyl sites for hydroxylation is 1. The predicted octanol–water partition coefficient (Wildman–Crippen LogP) is 0.411. The second-order valence-corrected chi connectivity index (χ2v) is 2.43. The molecule has 12 heavy (non-hydrogen) atoms. The van der Waals surface area contributed by atoms with Crippen LogP contribution in [0.3, 0.4) is 0 Å². The highest BCUT2D eigenvalue weighted by Gasteiger charge is 2.04. The van der Waals surface area contributed by atoms with Crippen molar-refractivity contribution in [3.8, 4) is 0 Å². The Bertz CT molecular complexity index is 268. The summed E-state index contributed by atoms with van der Waals surface area (Å²) in [4.78, 5) is 11.0. The van der Waals surface area contributed by atoms with Crippen LogP contribution >= 0.6 is 0 Å². The topological polar surface area (TPSA) is 46.5 Å². The Balaban J connectivity index is 2.75. The van der Waals surface area contributed by atoms with E-state index in [1.165, 1.54) is 0 Å². The van der Waals surface area contributed by atoms with Crippen LogP contribution in [0.2, 0.25) is 0 Å². The van der Waals surface area contributed by atoms with Crippen molar-refractivity contribution < 1.29 is 14.5 Å². The van der Waals surface area contributed by atoms with Crippen molar-refractivity contribution in [3.63, 3.8) is 0 Å². The van der Waals surface area contributed by atoms with Crippen LogP contribution in [-0.4, -0.2) is 18.7 Å². The average Bonchev–Trinajstić information content (AvgIpc) is 2.06. The molecule has 0 aliphatic heterocycles. The maximum absolute atomic E-state index is 11.0. The maximum Gasteiger partial charge on any atom is 0.506 e. The molecule has 0 aliphatic carbocycles. The Kier molecular flexibility index (Phi) is 2.88. The van der Waals surface area contributed by atoms with Crippen LogP contribution in [0.4, 0.5) is 0 Å². The first kappa shape index (κ1) is 8.81. The van der Waals surface area contributed by atoms with Crippen molar-refractivity contribution in [3.05, 3.63) is 35.4 Å². The van der Waals surface area contributed by atoms with Gasteiger partial charge in [0.1, 0.15) is 0 Å². The summed E-state index contributed by atoms with van der Waals surface area (Å²) in [6, 6.07) is 6.95. The summed E-state index contributed by atoms with van der Waals surface area (Å²) in [5.41, 5.74) is 1.53. The molecule has 0 aliphatic rings. The van der Waals surface area contributed by atoms with Crippen molar-refractivity contribution in [1.82, 2.24) is 0 Å². The number of carbonyl (C=O) groups excluding carboxylic acids is 1. The molecule has 0 atom stereocenters. The van der Waals surface area contributed by atoms with Crippen LogP contribution < -0.4 is 0 Å². The molecule has 62 valence electrons. The highest BCUT2D eigenvalue weighted by Crippen LogP contribution is 2.03. The van der Waals surface area contributed by atoms with E-state index >= 15 is 0 Å². The highest BCUT2D eigenvalue weighted by atomic mass is 16.6. The van der Waals surface area contributed by atoms with Gasteiger partial charge < -0.3 is 9.68 Å². The number of hydrogen-bond acceptors (Lipinski definition) is 3. The first-order valence-corrected chi connectivity index (χ1v) is 3.58. The van der Waals surface area contributed by atoms with Gasteiger partial charge in [0.05, 0.1) is 5.56 Å². The second kappa shape index (κ2) is 3.92. The fourth-order valence-electron chi connectivity index (χ4n) is 0.832. The van der Waals surface area contributed by atoms with Gasteiger partial charge in [-0.1, -0.05) is 17.7 Å². The number of benzene rings is 1. The molecule has 1 aromatic rings. The number of hydrogen-bond donors (Lipinski definition) is 1. The Morgan fingerprint density at radius 1 is 1.42 bits per heavy atom. The van der Waals surface area contributed by atoms with Crippen LogP contribution in [0.5, 0.6) is 0 Å². The van der Waals surface area contributed by atoms with Crippen molar-refractivity contribution in [2.24, 2.45) is 0 Å². The van der Waals surface area contributed by atoms with Crippen molar-refractivity contribution in [2.75, 3.05) is 0 Å². The quantitative estimate of drug-likeness (QED) is 0.643. The van der Waals surface area contributed by atoms with E-state index in [-0.39, 0.29) is 0 Å². The molecular formula is C8H9BO3. The third kappa shape index (κ3) is 2.10. The average molecular weight is 164 g/mol. The predicted molar refractivity (Wildman–Crippen MR) is 46.0 cm³/mol. The van der Waals surface area contributed by atoms with Crippen LogP contribution in [0.1, 0.15) is 15.9 Å². The van der Waals surface area contributed by atoms with Gasteiger partial charge >= 0.3 is 13.7 Å². The smallest absolute Gasteiger partial charge is 0.506 e. The van der Waals surface area contributed by atoms with Gasteiger partial charge in [0.15, 0.2) is 0 Å². The van der Waals surface area contributed by atoms with Gasteiger partial charge in [-0.05, 0) is 19.1 Å². The van der Waals surface area contributed by atoms with Gasteiger partial charge in [0.25, 0.3) is 0 Å². The van der Waals surface area contributed by atoms with E-state index in [2.05, 4.69) is 4.65 Å². The molecule has 0 bridgehead atoms. The molecule has 4 heteroatoms. The molecule has 1 N–H and O–H groups in total. The number of rotatable bonds is 2. The molecule has 1 rings (SSSR count). The molecule has 3 nitrogen and oxygen atoms in total. The van der Waals surface area contributed by atoms with Crippen LogP contribution in [0, 0.1) is 6.92 Å². The maximum atomic E-state index is 11.0. The molecule has 0 heterocycles. The Morgan fingerprint density at radius 3 is 2.50 bits per heavy atom. The monoisotopic (exact) mass is 164 g/mol. The van der Waals surface area contributed by atoms with Gasteiger partial charge in [-0.15, -0.1) is 0 Å². The molecule has 0 spiro atoms. The van der Waals surface area contributed by atoms with Crippen LogP contribution in [-0.2, 0) is 4.65 Å². The minimum Gasteiger partial charge on any atom is -0.509 e. The standard InChI is InChI=1S/C8H9BO3/c1-6-2-4-7(5-3-6)8(10)12-9-11/h2-5,9,11H,1H3. The van der Waals surface area contributed by atoms with Gasteiger partial charge in [0.2, 0.25) is 0 Å². The largest absolute Gasteiger partial charge is 0.509 e. The first-order chi connectivity index (χ1) is 5.74. The molecule has 0 radical (unpaired) electrons. The summed E-state index contributed by atoms with van der Waals surface area (Å²) < 4.78 is 4.38. The molecular weight excluding hydrogens is 155 g/mol. The van der Waals surface area contributed by atoms with Gasteiger partial charge in [-0.3, -0.25) is 0 Å². The lowest BCUT2D eigenvalue weighted by Gasteiger charge is -2.00. The summed E-state index contributed by atoms with van der Waals surface area (Å²) in [5.74, 6) is -0.502. The lowest BCUT2D eigenvalue weighted by Crippen LogP contribution is -2.08. The second-order valence-electron chi connectivity index (χ2n) is 2.43. The summed E-state index contributed by atoms with van der Waals surface area (Å²) in [5, 5.41) is 8.31. The normalized spacial score (nSPS) is 9.17. The summed E-state index contributed by atoms with van der Waals surface area (Å²) in [6.45, 7) is 1.93. The minimum absolute atomic E-state index is 0.453. The zero-order valence-electron chi connectivity index (χ0n) is 6.78. The molecule has 0 aromatic heterocycles. The lowest BCUT2D eigenvalue weighted by atomic mass is 10.1. The van der Waals surface area contributed by atoms with Crippen molar-refractivity contribution in [2.45, 2.75) is 6.92 Å². The SMILES string of the molecule is Cc1ccc(C(=O)OBO)cc1. The van der Waals surface area contributed by atoms with E-state index in [4.69, 9.17) is 5.02 Å². The Labute approximate surface area is 71.3 Å². The Hall–Kier alpha value is -1.29. The van der Waals surface area contributed by atoms with E-state index in [0.29, 0.717) is 5.56 Å². The minimum atomic E-state index is -0.577. The molecule has 0 fully saturated rings. The molecule has 1 aromatic carbocycles. The summed E-state index contributed by atoms with van der Waals surface area (Å²) in [6.07, 6.45) is 0. The zero-order chi connectivity index (χ0) is 8.97. The van der Waals surface area contributed by atoms with E-state index in [0.717, 1.165) is 5.56 Å². The molecule has 0 unspecified atom stereocenters. The van der Waals surface area contributed by atoms with Gasteiger partial charge in [-0.2, -0.15) is 0 Å². The van der Waals surface area contributed by atoms with Crippen molar-refractivity contribution in [1.29, 1.82) is 0 Å². The van der Waals surface area contributed by atoms with E-state index < -0.39 is 13.7 Å². The van der Waals surface area contributed by atoms with Gasteiger partial charge in [-0.25, -0.2) is 4.79 Å². The fourth-order valence-corrected chi connectivity index (χ4v) is 0.832. The van der Waals surface area contributed by atoms with E-state index in [1.54, 1.807) is 12.1 Å². The van der Waals surface area contributed by atoms with Gasteiger partial charge in [0, 0.05) is 0 Å². The zero-order valence-corrected chi connectivity index (χ0v) is 6.78. The molecule has 0 amide bonds. The van der Waals surface area contributed by atoms with Crippen LogP contribution in [0.15, 0.2) is 24.3 Å². The third-order valence-corrected chi connectivity index (χ3v) is 1.48. The third-order valence-electron chi connectivity index (χ3n) is 1.48. The molecule has 0 saturated heterocycles. The van der Waals surface area contributed by atoms with Crippen molar-refractivity contribution >= 4 is 13.7 Å². The lowest BCUT2D eigenvalue weighted by molar-refractivity contribution is 0.0719.